The number of methoxy groups -OCH3 is 1. The zero-order valence-electron chi connectivity index (χ0n) is 16.2. The fourth-order valence-electron chi connectivity index (χ4n) is 3.47. The van der Waals surface area contributed by atoms with E-state index in [-0.39, 0.29) is 0 Å². The highest BCUT2D eigenvalue weighted by atomic mass is 16.5. The monoisotopic (exact) mass is 388 g/mol. The van der Waals surface area contributed by atoms with Gasteiger partial charge in [-0.15, -0.1) is 0 Å². The maximum absolute atomic E-state index is 13.0. The van der Waals surface area contributed by atoms with Crippen LogP contribution in [0.5, 0.6) is 0 Å². The molecule has 0 bridgehead atoms. The van der Waals surface area contributed by atoms with Crippen LogP contribution in [0.3, 0.4) is 0 Å². The van der Waals surface area contributed by atoms with Crippen LogP contribution in [-0.4, -0.2) is 25.0 Å². The first-order valence-corrected chi connectivity index (χ1v) is 9.39. The zero-order chi connectivity index (χ0) is 20.6. The molecule has 148 valence electrons. The molecule has 0 spiro atoms. The topological polar surface area (TPSA) is 81.4 Å². The molecule has 0 radical (unpaired) electrons. The maximum atomic E-state index is 13.0. The fraction of sp³-hybridized carbons (Fsp3) is 0.167. The Morgan fingerprint density at radius 2 is 1.17 bits per heavy atom. The summed E-state index contributed by atoms with van der Waals surface area (Å²) in [6.45, 7) is 0. The lowest BCUT2D eigenvalue weighted by Gasteiger charge is -2.28. The number of benzene rings is 3. The zero-order valence-corrected chi connectivity index (χ0v) is 16.2. The van der Waals surface area contributed by atoms with E-state index in [1.807, 2.05) is 78.9 Å². The molecule has 0 saturated heterocycles. The highest BCUT2D eigenvalue weighted by Crippen LogP contribution is 2.29. The molecule has 2 amide bonds. The molecule has 0 heterocycles. The van der Waals surface area contributed by atoms with Gasteiger partial charge in [0.2, 0.25) is 5.91 Å². The smallest absolute Gasteiger partial charge is 0.254 e. The van der Waals surface area contributed by atoms with Crippen LogP contribution < -0.4 is 11.1 Å². The molecule has 3 aromatic carbocycles. The number of rotatable bonds is 8. The lowest BCUT2D eigenvalue weighted by atomic mass is 9.84. The fourth-order valence-corrected chi connectivity index (χ4v) is 3.47. The summed E-state index contributed by atoms with van der Waals surface area (Å²) < 4.78 is 5.41. The number of carbonyl (C=O) groups excluding carboxylic acids is 2. The lowest BCUT2D eigenvalue weighted by Crippen LogP contribution is -2.50. The molecule has 5 nitrogen and oxygen atoms in total. The number of nitrogens with two attached hydrogens (primary N) is 1. The Kier molecular flexibility index (Phi) is 6.76. The predicted octanol–water partition coefficient (Wildman–Crippen LogP) is 3.18. The van der Waals surface area contributed by atoms with Gasteiger partial charge in [0.1, 0.15) is 6.04 Å². The summed E-state index contributed by atoms with van der Waals surface area (Å²) in [5.41, 5.74) is 8.22. The van der Waals surface area contributed by atoms with Crippen LogP contribution in [0.2, 0.25) is 0 Å². The SMILES string of the molecule is CO[C@H](C(=O)N[C@H](C(N)=O)C(c1ccccc1)c1ccccc1)c1ccccc1. The van der Waals surface area contributed by atoms with E-state index in [4.69, 9.17) is 10.5 Å². The van der Waals surface area contributed by atoms with Crippen molar-refractivity contribution in [1.29, 1.82) is 0 Å². The molecule has 3 rings (SSSR count). The number of carbonyl (C=O) groups is 2. The summed E-state index contributed by atoms with van der Waals surface area (Å²) in [6.07, 6.45) is -0.842. The van der Waals surface area contributed by atoms with Gasteiger partial charge in [-0.1, -0.05) is 91.0 Å². The molecule has 0 aliphatic heterocycles. The van der Waals surface area contributed by atoms with Crippen molar-refractivity contribution in [2.75, 3.05) is 7.11 Å². The molecule has 29 heavy (non-hydrogen) atoms. The predicted molar refractivity (Wildman–Crippen MR) is 112 cm³/mol. The van der Waals surface area contributed by atoms with E-state index in [1.165, 1.54) is 7.11 Å². The molecule has 3 N–H and O–H groups in total. The third kappa shape index (κ3) is 4.89. The van der Waals surface area contributed by atoms with Crippen LogP contribution >= 0.6 is 0 Å². The number of primary amides is 1. The van der Waals surface area contributed by atoms with Crippen LogP contribution in [0, 0.1) is 0 Å². The van der Waals surface area contributed by atoms with Crippen LogP contribution in [0.15, 0.2) is 91.0 Å². The van der Waals surface area contributed by atoms with E-state index in [9.17, 15) is 9.59 Å². The minimum absolute atomic E-state index is 0.417. The van der Waals surface area contributed by atoms with Gasteiger partial charge in [-0.25, -0.2) is 0 Å². The summed E-state index contributed by atoms with van der Waals surface area (Å²) in [5.74, 6) is -1.45. The Morgan fingerprint density at radius 3 is 1.55 bits per heavy atom. The van der Waals surface area contributed by atoms with Crippen LogP contribution in [0.1, 0.15) is 28.7 Å². The molecular weight excluding hydrogens is 364 g/mol. The standard InChI is InChI=1S/C24H24N2O3/c1-29-22(19-15-9-4-10-16-19)24(28)26-21(23(25)27)20(17-11-5-2-6-12-17)18-13-7-3-8-14-18/h2-16,20-22H,1H3,(H2,25,27)(H,26,28)/t21-,22-/m0/s1. The Balaban J connectivity index is 1.95. The van der Waals surface area contributed by atoms with Gasteiger partial charge in [-0.3, -0.25) is 9.59 Å². The molecule has 0 aliphatic carbocycles. The molecule has 0 saturated carbocycles. The van der Waals surface area contributed by atoms with E-state index in [0.717, 1.165) is 11.1 Å². The van der Waals surface area contributed by atoms with E-state index >= 15 is 0 Å². The molecule has 3 aromatic rings. The number of amides is 2. The lowest BCUT2D eigenvalue weighted by molar-refractivity contribution is -0.135. The molecule has 0 aromatic heterocycles. The average Bonchev–Trinajstić information content (AvgIpc) is 2.76. The molecule has 0 fully saturated rings. The van der Waals surface area contributed by atoms with Crippen LogP contribution in [0.4, 0.5) is 0 Å². The van der Waals surface area contributed by atoms with Gasteiger partial charge < -0.3 is 15.8 Å². The molecular formula is C24H24N2O3. The van der Waals surface area contributed by atoms with Gasteiger partial charge in [0.25, 0.3) is 5.91 Å². The number of hydrogen-bond acceptors (Lipinski definition) is 3. The molecule has 0 unspecified atom stereocenters. The van der Waals surface area contributed by atoms with Crippen molar-refractivity contribution in [2.45, 2.75) is 18.1 Å². The Labute approximate surface area is 170 Å². The first kappa shape index (κ1) is 20.3. The van der Waals surface area contributed by atoms with Crippen molar-refractivity contribution < 1.29 is 14.3 Å². The average molecular weight is 388 g/mol. The van der Waals surface area contributed by atoms with E-state index in [0.29, 0.717) is 5.56 Å². The minimum atomic E-state index is -0.936. The summed E-state index contributed by atoms with van der Waals surface area (Å²) in [5, 5.41) is 2.82. The highest BCUT2D eigenvalue weighted by molar-refractivity contribution is 5.90. The quantitative estimate of drug-likeness (QED) is 0.622. The van der Waals surface area contributed by atoms with Gasteiger partial charge in [0.05, 0.1) is 0 Å². The highest BCUT2D eigenvalue weighted by Gasteiger charge is 2.33. The number of nitrogens with one attached hydrogen (secondary N) is 1. The third-order valence-corrected chi connectivity index (χ3v) is 4.83. The van der Waals surface area contributed by atoms with E-state index < -0.39 is 29.9 Å². The first-order chi connectivity index (χ1) is 14.1. The van der Waals surface area contributed by atoms with Gasteiger partial charge in [-0.05, 0) is 16.7 Å². The second kappa shape index (κ2) is 9.66. The van der Waals surface area contributed by atoms with Crippen molar-refractivity contribution in [2.24, 2.45) is 5.73 Å². The first-order valence-electron chi connectivity index (χ1n) is 9.39. The van der Waals surface area contributed by atoms with E-state index in [2.05, 4.69) is 5.32 Å². The Hall–Kier alpha value is -3.44. The summed E-state index contributed by atoms with van der Waals surface area (Å²) >= 11 is 0. The van der Waals surface area contributed by atoms with Gasteiger partial charge >= 0.3 is 0 Å². The van der Waals surface area contributed by atoms with Gasteiger partial charge in [0, 0.05) is 13.0 Å². The third-order valence-electron chi connectivity index (χ3n) is 4.83. The van der Waals surface area contributed by atoms with Gasteiger partial charge in [0.15, 0.2) is 6.10 Å². The minimum Gasteiger partial charge on any atom is -0.368 e. The summed E-state index contributed by atoms with van der Waals surface area (Å²) in [6, 6.07) is 27.3. The molecule has 0 aliphatic rings. The Morgan fingerprint density at radius 1 is 0.759 bits per heavy atom. The summed E-state index contributed by atoms with van der Waals surface area (Å²) in [4.78, 5) is 25.4. The Bertz CT molecular complexity index is 891. The maximum Gasteiger partial charge on any atom is 0.254 e. The van der Waals surface area contributed by atoms with Gasteiger partial charge in [-0.2, -0.15) is 0 Å². The molecule has 5 heteroatoms. The van der Waals surface area contributed by atoms with Crippen molar-refractivity contribution in [3.05, 3.63) is 108 Å². The molecule has 2 atom stereocenters. The normalized spacial score (nSPS) is 12.9. The van der Waals surface area contributed by atoms with Crippen LogP contribution in [-0.2, 0) is 14.3 Å². The van der Waals surface area contributed by atoms with Crippen LogP contribution in [0.25, 0.3) is 0 Å². The van der Waals surface area contributed by atoms with E-state index in [1.54, 1.807) is 12.1 Å². The second-order valence-electron chi connectivity index (χ2n) is 6.71. The summed E-state index contributed by atoms with van der Waals surface area (Å²) in [7, 11) is 1.46. The number of ether oxygens (including phenoxy) is 1. The van der Waals surface area contributed by atoms with Crippen molar-refractivity contribution in [1.82, 2.24) is 5.32 Å². The second-order valence-corrected chi connectivity index (χ2v) is 6.71. The van der Waals surface area contributed by atoms with Crippen molar-refractivity contribution in [3.63, 3.8) is 0 Å². The largest absolute Gasteiger partial charge is 0.368 e. The van der Waals surface area contributed by atoms with Crippen molar-refractivity contribution in [3.8, 4) is 0 Å². The number of hydrogen-bond donors (Lipinski definition) is 2. The van der Waals surface area contributed by atoms with Crippen molar-refractivity contribution >= 4 is 11.8 Å².